The normalized spacial score (nSPS) is 11.7. The average Bonchev–Trinajstić information content (AvgIpc) is 3.06. The third-order valence-corrected chi connectivity index (χ3v) is 4.17. The van der Waals surface area contributed by atoms with E-state index < -0.39 is 0 Å². The lowest BCUT2D eigenvalue weighted by atomic mass is 10.2. The number of nitrogens with one attached hydrogen (secondary N) is 1. The number of benzene rings is 1. The molecule has 0 aliphatic rings. The van der Waals surface area contributed by atoms with Gasteiger partial charge in [-0.2, -0.15) is 0 Å². The number of ether oxygens (including phenoxy) is 2. The van der Waals surface area contributed by atoms with Gasteiger partial charge in [0.2, 0.25) is 0 Å². The fourth-order valence-electron chi connectivity index (χ4n) is 2.07. The Morgan fingerprint density at radius 3 is 2.70 bits per heavy atom. The van der Waals surface area contributed by atoms with Gasteiger partial charge in [0.05, 0.1) is 35.7 Å². The van der Waals surface area contributed by atoms with E-state index >= 15 is 0 Å². The van der Waals surface area contributed by atoms with Crippen LogP contribution in [0.25, 0.3) is 22.0 Å². The Bertz CT molecular complexity index is 935. The van der Waals surface area contributed by atoms with Crippen LogP contribution in [-0.2, 0) is 0 Å². The molecule has 0 bridgehead atoms. The summed E-state index contributed by atoms with van der Waals surface area (Å²) in [6.07, 6.45) is 3.38. The van der Waals surface area contributed by atoms with Crippen LogP contribution in [0.2, 0.25) is 0 Å². The Balaban J connectivity index is 2.15. The number of rotatable bonds is 4. The topological polar surface area (TPSA) is 77.1 Å². The van der Waals surface area contributed by atoms with Gasteiger partial charge in [0.1, 0.15) is 0 Å². The molecular weight excluding hydrogens is 338 g/mol. The van der Waals surface area contributed by atoms with E-state index in [0.29, 0.717) is 27.4 Å². The summed E-state index contributed by atoms with van der Waals surface area (Å²) >= 11 is 7.69. The zero-order chi connectivity index (χ0) is 16.4. The van der Waals surface area contributed by atoms with Crippen LogP contribution < -0.4 is 15.0 Å². The van der Waals surface area contributed by atoms with Crippen LogP contribution in [0.15, 0.2) is 28.6 Å². The highest BCUT2D eigenvalue weighted by Gasteiger charge is 2.12. The summed E-state index contributed by atoms with van der Waals surface area (Å²) in [5.74, 6) is 1.24. The van der Waals surface area contributed by atoms with Gasteiger partial charge in [-0.15, -0.1) is 11.3 Å². The summed E-state index contributed by atoms with van der Waals surface area (Å²) in [5, 5.41) is 0.719. The lowest BCUT2D eigenvalue weighted by Gasteiger charge is -2.09. The molecule has 0 radical (unpaired) electrons. The number of methoxy groups -OCH3 is 2. The van der Waals surface area contributed by atoms with E-state index in [1.54, 1.807) is 29.9 Å². The predicted octanol–water partition coefficient (Wildman–Crippen LogP) is 3.13. The number of hydrogen-bond donors (Lipinski definition) is 1. The van der Waals surface area contributed by atoms with E-state index in [0.717, 1.165) is 4.88 Å². The summed E-state index contributed by atoms with van der Waals surface area (Å²) in [6.45, 7) is 0. The minimum absolute atomic E-state index is 0.282. The highest BCUT2D eigenvalue weighted by Crippen LogP contribution is 2.30. The Hall–Kier alpha value is -2.38. The van der Waals surface area contributed by atoms with E-state index in [9.17, 15) is 4.79 Å². The Morgan fingerprint density at radius 1 is 1.30 bits per heavy atom. The molecule has 0 unspecified atom stereocenters. The van der Waals surface area contributed by atoms with Crippen molar-refractivity contribution in [2.75, 3.05) is 14.2 Å². The molecule has 6 nitrogen and oxygen atoms in total. The summed E-state index contributed by atoms with van der Waals surface area (Å²) in [6, 6.07) is 3.23. The Kier molecular flexibility index (Phi) is 4.31. The third kappa shape index (κ3) is 3.06. The van der Waals surface area contributed by atoms with Crippen molar-refractivity contribution in [3.63, 3.8) is 0 Å². The zero-order valence-electron chi connectivity index (χ0n) is 12.3. The minimum Gasteiger partial charge on any atom is -0.493 e. The first-order chi connectivity index (χ1) is 11.1. The van der Waals surface area contributed by atoms with Crippen LogP contribution in [0.3, 0.4) is 0 Å². The summed E-state index contributed by atoms with van der Waals surface area (Å²) < 4.78 is 10.4. The minimum atomic E-state index is -0.304. The predicted molar refractivity (Wildman–Crippen MR) is 91.3 cm³/mol. The lowest BCUT2D eigenvalue weighted by molar-refractivity contribution is 0.355. The summed E-state index contributed by atoms with van der Waals surface area (Å²) in [4.78, 5) is 24.2. The maximum atomic E-state index is 12.3. The fourth-order valence-corrected chi connectivity index (χ4v) is 2.89. The van der Waals surface area contributed by atoms with Crippen LogP contribution in [0.4, 0.5) is 0 Å². The second-order valence-corrected chi connectivity index (χ2v) is 5.86. The molecule has 3 aromatic rings. The maximum absolute atomic E-state index is 12.3. The number of aromatic nitrogens is 3. The van der Waals surface area contributed by atoms with E-state index in [4.69, 9.17) is 21.1 Å². The maximum Gasteiger partial charge on any atom is 0.259 e. The van der Waals surface area contributed by atoms with Gasteiger partial charge in [-0.1, -0.05) is 11.6 Å². The van der Waals surface area contributed by atoms with Crippen LogP contribution in [-0.4, -0.2) is 29.2 Å². The molecule has 0 saturated carbocycles. The van der Waals surface area contributed by atoms with Gasteiger partial charge in [-0.05, 0) is 12.1 Å². The molecule has 0 spiro atoms. The van der Waals surface area contributed by atoms with Gasteiger partial charge in [0.15, 0.2) is 17.3 Å². The molecule has 0 aliphatic carbocycles. The molecule has 1 N–H and O–H groups in total. The second-order valence-electron chi connectivity index (χ2n) is 4.53. The molecule has 0 aliphatic heterocycles. The monoisotopic (exact) mass is 349 g/mol. The summed E-state index contributed by atoms with van der Waals surface area (Å²) in [5.41, 5.74) is 1.86. The lowest BCUT2D eigenvalue weighted by Crippen LogP contribution is -2.11. The van der Waals surface area contributed by atoms with Crippen LogP contribution in [0, 0.1) is 0 Å². The van der Waals surface area contributed by atoms with Crippen LogP contribution >= 0.6 is 22.9 Å². The standard InChI is InChI=1S/C15H12ClN3O3S/c1-21-12-4-9-11(5-13(12)22-2)18-14(19-15(9)20)10(16)3-8-6-17-7-23-8/h3-7H,1-2H3,(H,18,19,20). The quantitative estimate of drug-likeness (QED) is 0.783. The molecule has 8 heteroatoms. The molecule has 23 heavy (non-hydrogen) atoms. The van der Waals surface area contributed by atoms with E-state index in [-0.39, 0.29) is 11.4 Å². The van der Waals surface area contributed by atoms with Crippen molar-refractivity contribution in [1.29, 1.82) is 0 Å². The molecule has 0 saturated heterocycles. The molecule has 0 atom stereocenters. The number of thiazole rings is 1. The highest BCUT2D eigenvalue weighted by atomic mass is 35.5. The Morgan fingerprint density at radius 2 is 2.04 bits per heavy atom. The second kappa shape index (κ2) is 6.39. The molecule has 2 heterocycles. The van der Waals surface area contributed by atoms with E-state index in [1.807, 2.05) is 0 Å². The van der Waals surface area contributed by atoms with Gasteiger partial charge in [0, 0.05) is 17.1 Å². The van der Waals surface area contributed by atoms with Gasteiger partial charge in [0.25, 0.3) is 5.56 Å². The molecular formula is C15H12ClN3O3S. The van der Waals surface area contributed by atoms with Crippen molar-refractivity contribution in [2.45, 2.75) is 0 Å². The number of halogens is 1. The first kappa shape index (κ1) is 15.5. The SMILES string of the molecule is COc1cc2nc(C(Cl)=Cc3cncs3)[nH]c(=O)c2cc1OC. The molecule has 118 valence electrons. The number of H-pyrrole nitrogens is 1. The first-order valence-corrected chi connectivity index (χ1v) is 7.80. The molecule has 0 fully saturated rings. The van der Waals surface area contributed by atoms with Gasteiger partial charge in [-0.25, -0.2) is 4.98 Å². The molecule has 2 aromatic heterocycles. The largest absolute Gasteiger partial charge is 0.493 e. The van der Waals surface area contributed by atoms with Crippen molar-refractivity contribution >= 4 is 44.9 Å². The van der Waals surface area contributed by atoms with Gasteiger partial charge >= 0.3 is 0 Å². The highest BCUT2D eigenvalue weighted by molar-refractivity contribution is 7.10. The van der Waals surface area contributed by atoms with Crippen molar-refractivity contribution in [2.24, 2.45) is 0 Å². The number of nitrogens with zero attached hydrogens (tertiary/aromatic N) is 2. The van der Waals surface area contributed by atoms with Gasteiger partial charge < -0.3 is 14.5 Å². The van der Waals surface area contributed by atoms with Crippen LogP contribution in [0.5, 0.6) is 11.5 Å². The molecule has 3 rings (SSSR count). The zero-order valence-corrected chi connectivity index (χ0v) is 13.9. The number of fused-ring (bicyclic) bond motifs is 1. The Labute approximate surface area is 140 Å². The molecule has 0 amide bonds. The van der Waals surface area contributed by atoms with Crippen molar-refractivity contribution < 1.29 is 9.47 Å². The fraction of sp³-hybridized carbons (Fsp3) is 0.133. The van der Waals surface area contributed by atoms with Crippen LogP contribution in [0.1, 0.15) is 10.7 Å². The van der Waals surface area contributed by atoms with Crippen molar-refractivity contribution in [1.82, 2.24) is 15.0 Å². The van der Waals surface area contributed by atoms with E-state index in [1.165, 1.54) is 25.6 Å². The first-order valence-electron chi connectivity index (χ1n) is 6.54. The van der Waals surface area contributed by atoms with Crippen molar-refractivity contribution in [3.8, 4) is 11.5 Å². The number of hydrogen-bond acceptors (Lipinski definition) is 6. The van der Waals surface area contributed by atoms with Gasteiger partial charge in [-0.3, -0.25) is 9.78 Å². The third-order valence-electron chi connectivity index (χ3n) is 3.16. The van der Waals surface area contributed by atoms with E-state index in [2.05, 4.69) is 15.0 Å². The smallest absolute Gasteiger partial charge is 0.259 e. The molecule has 1 aromatic carbocycles. The number of aromatic amines is 1. The van der Waals surface area contributed by atoms with Crippen molar-refractivity contribution in [3.05, 3.63) is 44.9 Å². The summed E-state index contributed by atoms with van der Waals surface area (Å²) in [7, 11) is 3.03. The average molecular weight is 350 g/mol.